The molecular formula is C9H5Br2ClN2S. The molecular weight excluding hydrogens is 363 g/mol. The summed E-state index contributed by atoms with van der Waals surface area (Å²) < 4.78 is 1.75. The van der Waals surface area contributed by atoms with Crippen LogP contribution < -0.4 is 5.32 Å². The highest BCUT2D eigenvalue weighted by Gasteiger charge is 2.03. The van der Waals surface area contributed by atoms with E-state index >= 15 is 0 Å². The standard InChI is InChI=1S/C9H5Br2ClN2S/c10-6-3-5(12)1-2-7(6)13-9-14-8(11)4-15-9/h1-4H,(H,13,14). The van der Waals surface area contributed by atoms with Crippen LogP contribution in [0, 0.1) is 0 Å². The quantitative estimate of drug-likeness (QED) is 0.801. The molecule has 1 aromatic heterocycles. The Kier molecular flexibility index (Phi) is 3.66. The van der Waals surface area contributed by atoms with Crippen LogP contribution >= 0.6 is 54.8 Å². The number of hydrogen-bond acceptors (Lipinski definition) is 3. The van der Waals surface area contributed by atoms with Crippen LogP contribution in [0.1, 0.15) is 0 Å². The third kappa shape index (κ3) is 2.93. The van der Waals surface area contributed by atoms with Crippen molar-refractivity contribution in [3.63, 3.8) is 0 Å². The molecule has 6 heteroatoms. The van der Waals surface area contributed by atoms with Crippen LogP contribution in [0.25, 0.3) is 0 Å². The second-order valence-corrected chi connectivity index (χ2v) is 5.69. The van der Waals surface area contributed by atoms with E-state index in [1.165, 1.54) is 11.3 Å². The Bertz CT molecular complexity index is 487. The van der Waals surface area contributed by atoms with Crippen LogP contribution in [-0.4, -0.2) is 4.98 Å². The SMILES string of the molecule is Clc1ccc(Nc2nc(Br)cs2)c(Br)c1. The van der Waals surface area contributed by atoms with Gasteiger partial charge in [0, 0.05) is 14.9 Å². The van der Waals surface area contributed by atoms with E-state index in [0.29, 0.717) is 5.02 Å². The molecule has 15 heavy (non-hydrogen) atoms. The Morgan fingerprint density at radius 2 is 2.13 bits per heavy atom. The summed E-state index contributed by atoms with van der Waals surface area (Å²) in [5.41, 5.74) is 0.946. The number of aromatic nitrogens is 1. The van der Waals surface area contributed by atoms with Crippen LogP contribution in [-0.2, 0) is 0 Å². The van der Waals surface area contributed by atoms with Gasteiger partial charge in [0.15, 0.2) is 5.13 Å². The van der Waals surface area contributed by atoms with E-state index in [9.17, 15) is 0 Å². The third-order valence-electron chi connectivity index (χ3n) is 1.65. The summed E-state index contributed by atoms with van der Waals surface area (Å²) in [6.45, 7) is 0. The van der Waals surface area contributed by atoms with Crippen LogP contribution in [0.4, 0.5) is 10.8 Å². The highest BCUT2D eigenvalue weighted by atomic mass is 79.9. The summed E-state index contributed by atoms with van der Waals surface area (Å²) in [7, 11) is 0. The Morgan fingerprint density at radius 1 is 1.33 bits per heavy atom. The first-order valence-electron chi connectivity index (χ1n) is 3.98. The first-order chi connectivity index (χ1) is 7.15. The van der Waals surface area contributed by atoms with Crippen molar-refractivity contribution in [3.8, 4) is 0 Å². The molecule has 1 N–H and O–H groups in total. The van der Waals surface area contributed by atoms with Gasteiger partial charge in [-0.05, 0) is 50.1 Å². The van der Waals surface area contributed by atoms with E-state index in [0.717, 1.165) is 19.9 Å². The lowest BCUT2D eigenvalue weighted by Gasteiger charge is -2.05. The van der Waals surface area contributed by atoms with E-state index in [-0.39, 0.29) is 0 Å². The van der Waals surface area contributed by atoms with Gasteiger partial charge in [0.2, 0.25) is 0 Å². The molecule has 0 aliphatic carbocycles. The van der Waals surface area contributed by atoms with Crippen molar-refractivity contribution in [1.29, 1.82) is 0 Å². The summed E-state index contributed by atoms with van der Waals surface area (Å²) in [5.74, 6) is 0. The van der Waals surface area contributed by atoms with Gasteiger partial charge in [0.05, 0.1) is 5.69 Å². The normalized spacial score (nSPS) is 10.3. The minimum Gasteiger partial charge on any atom is -0.331 e. The molecule has 0 aliphatic heterocycles. The molecule has 0 aliphatic rings. The fraction of sp³-hybridized carbons (Fsp3) is 0. The molecule has 0 spiro atoms. The van der Waals surface area contributed by atoms with Crippen molar-refractivity contribution < 1.29 is 0 Å². The Hall–Kier alpha value is -0.100. The summed E-state index contributed by atoms with van der Waals surface area (Å²) in [6, 6.07) is 5.57. The van der Waals surface area contributed by atoms with Gasteiger partial charge in [-0.2, -0.15) is 0 Å². The van der Waals surface area contributed by atoms with Gasteiger partial charge >= 0.3 is 0 Å². The lowest BCUT2D eigenvalue weighted by atomic mass is 10.3. The smallest absolute Gasteiger partial charge is 0.188 e. The summed E-state index contributed by atoms with van der Waals surface area (Å²) in [4.78, 5) is 4.24. The highest BCUT2D eigenvalue weighted by Crippen LogP contribution is 2.30. The van der Waals surface area contributed by atoms with Crippen molar-refractivity contribution in [2.75, 3.05) is 5.32 Å². The molecule has 0 bridgehead atoms. The first kappa shape index (κ1) is 11.4. The van der Waals surface area contributed by atoms with Gasteiger partial charge in [-0.1, -0.05) is 11.6 Å². The monoisotopic (exact) mass is 366 g/mol. The van der Waals surface area contributed by atoms with Crippen molar-refractivity contribution in [2.45, 2.75) is 0 Å². The van der Waals surface area contributed by atoms with E-state index in [1.54, 1.807) is 0 Å². The van der Waals surface area contributed by atoms with Gasteiger partial charge in [-0.3, -0.25) is 0 Å². The first-order valence-corrected chi connectivity index (χ1v) is 6.82. The molecule has 2 nitrogen and oxygen atoms in total. The molecule has 0 saturated heterocycles. The van der Waals surface area contributed by atoms with E-state index in [1.807, 2.05) is 23.6 Å². The van der Waals surface area contributed by atoms with Gasteiger partial charge in [-0.25, -0.2) is 4.98 Å². The molecule has 0 atom stereocenters. The molecule has 0 unspecified atom stereocenters. The summed E-state index contributed by atoms with van der Waals surface area (Å²) in [5, 5.41) is 6.65. The second-order valence-electron chi connectivity index (χ2n) is 2.72. The Balaban J connectivity index is 2.24. The molecule has 0 amide bonds. The van der Waals surface area contributed by atoms with Crippen LogP contribution in [0.3, 0.4) is 0 Å². The minimum absolute atomic E-state index is 0.702. The van der Waals surface area contributed by atoms with Gasteiger partial charge < -0.3 is 5.32 Å². The number of nitrogens with one attached hydrogen (secondary N) is 1. The minimum atomic E-state index is 0.702. The van der Waals surface area contributed by atoms with Gasteiger partial charge in [0.25, 0.3) is 0 Å². The zero-order valence-electron chi connectivity index (χ0n) is 7.30. The second kappa shape index (κ2) is 4.82. The lowest BCUT2D eigenvalue weighted by molar-refractivity contribution is 1.34. The van der Waals surface area contributed by atoms with E-state index in [4.69, 9.17) is 11.6 Å². The van der Waals surface area contributed by atoms with Crippen molar-refractivity contribution in [2.24, 2.45) is 0 Å². The van der Waals surface area contributed by atoms with E-state index in [2.05, 4.69) is 42.2 Å². The number of nitrogens with zero attached hydrogens (tertiary/aromatic N) is 1. The van der Waals surface area contributed by atoms with Crippen LogP contribution in [0.5, 0.6) is 0 Å². The average Bonchev–Trinajstić information content (AvgIpc) is 2.56. The van der Waals surface area contributed by atoms with Crippen LogP contribution in [0.2, 0.25) is 5.02 Å². The molecule has 1 heterocycles. The molecule has 2 aromatic rings. The van der Waals surface area contributed by atoms with Crippen molar-refractivity contribution in [3.05, 3.63) is 37.7 Å². The molecule has 0 saturated carbocycles. The predicted octanol–water partition coefficient (Wildman–Crippen LogP) is 5.07. The van der Waals surface area contributed by atoms with Gasteiger partial charge in [-0.15, -0.1) is 11.3 Å². The maximum absolute atomic E-state index is 5.85. The zero-order chi connectivity index (χ0) is 10.8. The molecule has 1 aromatic carbocycles. The number of rotatable bonds is 2. The summed E-state index contributed by atoms with van der Waals surface area (Å²) in [6.07, 6.45) is 0. The zero-order valence-corrected chi connectivity index (χ0v) is 12.0. The van der Waals surface area contributed by atoms with Crippen molar-refractivity contribution in [1.82, 2.24) is 4.98 Å². The fourth-order valence-corrected chi connectivity index (χ4v) is 2.96. The highest BCUT2D eigenvalue weighted by molar-refractivity contribution is 9.10. The summed E-state index contributed by atoms with van der Waals surface area (Å²) >= 11 is 14.1. The third-order valence-corrected chi connectivity index (χ3v) is 4.01. The molecule has 2 rings (SSSR count). The number of hydrogen-bond donors (Lipinski definition) is 1. The Morgan fingerprint density at radius 3 is 2.73 bits per heavy atom. The fourth-order valence-electron chi connectivity index (χ4n) is 1.02. The molecule has 0 fully saturated rings. The van der Waals surface area contributed by atoms with Crippen LogP contribution in [0.15, 0.2) is 32.7 Å². The largest absolute Gasteiger partial charge is 0.331 e. The Labute approximate surface area is 113 Å². The lowest BCUT2D eigenvalue weighted by Crippen LogP contribution is -1.90. The maximum atomic E-state index is 5.85. The molecule has 0 radical (unpaired) electrons. The molecule has 78 valence electrons. The van der Waals surface area contributed by atoms with Gasteiger partial charge in [0.1, 0.15) is 4.60 Å². The maximum Gasteiger partial charge on any atom is 0.188 e. The number of halogens is 3. The number of benzene rings is 1. The topological polar surface area (TPSA) is 24.9 Å². The van der Waals surface area contributed by atoms with Crippen molar-refractivity contribution >= 4 is 65.6 Å². The number of anilines is 2. The average molecular weight is 368 g/mol. The predicted molar refractivity (Wildman–Crippen MR) is 72.2 cm³/mol. The number of thiazole rings is 1. The van der Waals surface area contributed by atoms with E-state index < -0.39 is 0 Å².